The number of rotatable bonds is 55. The summed E-state index contributed by atoms with van der Waals surface area (Å²) in [5.41, 5.74) is 0. The van der Waals surface area contributed by atoms with E-state index in [1.54, 1.807) is 0 Å². The normalized spacial score (nSPS) is 13.6. The van der Waals surface area contributed by atoms with Crippen LogP contribution >= 0.6 is 0 Å². The minimum Gasteiger partial charge on any atom is -0.462 e. The van der Waals surface area contributed by atoms with Crippen molar-refractivity contribution in [2.75, 3.05) is 13.2 Å². The molecule has 0 radical (unpaired) electrons. The van der Waals surface area contributed by atoms with E-state index >= 15 is 0 Å². The zero-order valence-electron chi connectivity index (χ0n) is 52.4. The van der Waals surface area contributed by atoms with Crippen molar-refractivity contribution in [2.45, 2.75) is 232 Å². The van der Waals surface area contributed by atoms with Crippen molar-refractivity contribution in [3.63, 3.8) is 0 Å². The Kier molecular flexibility index (Phi) is 63.1. The highest BCUT2D eigenvalue weighted by Crippen LogP contribution is 2.12. The Morgan fingerprint density at radius 3 is 0.747 bits per heavy atom. The number of allylic oxidation sites excluding steroid dienone is 36. The Bertz CT molecular complexity index is 2080. The molecule has 6 heteroatoms. The molecule has 0 fully saturated rings. The summed E-state index contributed by atoms with van der Waals surface area (Å²) in [6, 6.07) is 0. The largest absolute Gasteiger partial charge is 0.462 e. The van der Waals surface area contributed by atoms with Gasteiger partial charge in [-0.15, -0.1) is 0 Å². The molecule has 0 spiro atoms. The highest BCUT2D eigenvalue weighted by molar-refractivity contribution is 5.71. The first-order chi connectivity index (χ1) is 41.0. The number of carbonyl (C=O) groups is 3. The molecule has 0 amide bonds. The summed E-state index contributed by atoms with van der Waals surface area (Å²) in [4.78, 5) is 38.3. The monoisotopic (exact) mass is 1130 g/mol. The van der Waals surface area contributed by atoms with Crippen LogP contribution < -0.4 is 0 Å². The van der Waals surface area contributed by atoms with Crippen LogP contribution in [0, 0.1) is 0 Å². The summed E-state index contributed by atoms with van der Waals surface area (Å²) in [6.07, 6.45) is 107. The highest BCUT2D eigenvalue weighted by atomic mass is 16.6. The molecule has 6 nitrogen and oxygen atoms in total. The van der Waals surface area contributed by atoms with Crippen molar-refractivity contribution >= 4 is 17.9 Å². The van der Waals surface area contributed by atoms with Gasteiger partial charge in [0.15, 0.2) is 6.10 Å². The molecule has 0 aliphatic rings. The van der Waals surface area contributed by atoms with Crippen LogP contribution in [0.5, 0.6) is 0 Å². The Labute approximate surface area is 508 Å². The van der Waals surface area contributed by atoms with Gasteiger partial charge in [-0.3, -0.25) is 14.4 Å². The summed E-state index contributed by atoms with van der Waals surface area (Å²) in [7, 11) is 0. The van der Waals surface area contributed by atoms with E-state index in [4.69, 9.17) is 14.2 Å². The number of esters is 3. The molecule has 0 heterocycles. The Morgan fingerprint density at radius 1 is 0.241 bits per heavy atom. The molecular formula is C77H114O6. The maximum atomic E-state index is 12.9. The molecular weight excluding hydrogens is 1020 g/mol. The first-order valence-corrected chi connectivity index (χ1v) is 32.2. The summed E-state index contributed by atoms with van der Waals surface area (Å²) in [5, 5.41) is 0. The molecule has 0 rings (SSSR count). The van der Waals surface area contributed by atoms with Crippen molar-refractivity contribution in [1.82, 2.24) is 0 Å². The number of carbonyl (C=O) groups excluding carboxylic acids is 3. The molecule has 458 valence electrons. The quantitative estimate of drug-likeness (QED) is 0.0261. The highest BCUT2D eigenvalue weighted by Gasteiger charge is 2.19. The third-order valence-corrected chi connectivity index (χ3v) is 12.5. The zero-order valence-corrected chi connectivity index (χ0v) is 52.4. The minimum absolute atomic E-state index is 0.142. The van der Waals surface area contributed by atoms with Crippen LogP contribution in [-0.4, -0.2) is 37.2 Å². The van der Waals surface area contributed by atoms with Gasteiger partial charge in [0.05, 0.1) is 0 Å². The SMILES string of the molecule is CC/C=C\C/C=C\C/C=C\C/C=C\C/C=C\C/C=C\C/C=C\C/C=C\CCCCCCCCC(=O)OCC(COC(=O)CCCC/C=C\C/C=C\C/C=C\C/C=C\CC)OC(=O)CC/C=C\C/C=C\C/C=C\C/C=C\C/C=C\C/C=C\CC. The Morgan fingerprint density at radius 2 is 0.458 bits per heavy atom. The molecule has 0 bridgehead atoms. The van der Waals surface area contributed by atoms with Gasteiger partial charge in [-0.05, 0) is 161 Å². The molecule has 0 saturated heterocycles. The summed E-state index contributed by atoms with van der Waals surface area (Å²) in [6.45, 7) is 6.16. The lowest BCUT2D eigenvalue weighted by molar-refractivity contribution is -0.166. The maximum Gasteiger partial charge on any atom is 0.306 e. The predicted octanol–water partition coefficient (Wildman–Crippen LogP) is 22.5. The first-order valence-electron chi connectivity index (χ1n) is 32.2. The molecule has 1 unspecified atom stereocenters. The molecule has 0 saturated carbocycles. The van der Waals surface area contributed by atoms with Gasteiger partial charge >= 0.3 is 17.9 Å². The van der Waals surface area contributed by atoms with E-state index < -0.39 is 12.1 Å². The van der Waals surface area contributed by atoms with Crippen molar-refractivity contribution < 1.29 is 28.6 Å². The number of ether oxygens (including phenoxy) is 3. The second kappa shape index (κ2) is 68.2. The van der Waals surface area contributed by atoms with Gasteiger partial charge < -0.3 is 14.2 Å². The van der Waals surface area contributed by atoms with E-state index in [-0.39, 0.29) is 38.0 Å². The van der Waals surface area contributed by atoms with Gasteiger partial charge in [-0.1, -0.05) is 265 Å². The van der Waals surface area contributed by atoms with Crippen LogP contribution in [0.1, 0.15) is 226 Å². The lowest BCUT2D eigenvalue weighted by Gasteiger charge is -2.18. The van der Waals surface area contributed by atoms with E-state index in [1.807, 2.05) is 12.2 Å². The van der Waals surface area contributed by atoms with E-state index in [9.17, 15) is 14.4 Å². The topological polar surface area (TPSA) is 78.9 Å². The zero-order chi connectivity index (χ0) is 59.9. The Balaban J connectivity index is 4.53. The van der Waals surface area contributed by atoms with E-state index in [2.05, 4.69) is 227 Å². The van der Waals surface area contributed by atoms with Gasteiger partial charge in [0, 0.05) is 19.3 Å². The summed E-state index contributed by atoms with van der Waals surface area (Å²) < 4.78 is 16.8. The molecule has 0 aliphatic carbocycles. The second-order valence-corrected chi connectivity index (χ2v) is 20.2. The minimum atomic E-state index is -0.858. The maximum absolute atomic E-state index is 12.9. The van der Waals surface area contributed by atoms with E-state index in [0.717, 1.165) is 161 Å². The van der Waals surface area contributed by atoms with Gasteiger partial charge in [-0.25, -0.2) is 0 Å². The van der Waals surface area contributed by atoms with Crippen LogP contribution in [0.4, 0.5) is 0 Å². The van der Waals surface area contributed by atoms with E-state index in [1.165, 1.54) is 12.8 Å². The third-order valence-electron chi connectivity index (χ3n) is 12.5. The molecule has 0 aromatic rings. The average Bonchev–Trinajstić information content (AvgIpc) is 3.49. The number of unbranched alkanes of at least 4 members (excludes halogenated alkanes) is 8. The van der Waals surface area contributed by atoms with Crippen LogP contribution in [-0.2, 0) is 28.6 Å². The second-order valence-electron chi connectivity index (χ2n) is 20.2. The molecule has 83 heavy (non-hydrogen) atoms. The lowest BCUT2D eigenvalue weighted by atomic mass is 10.1. The predicted molar refractivity (Wildman–Crippen MR) is 361 cm³/mol. The van der Waals surface area contributed by atoms with Crippen LogP contribution in [0.15, 0.2) is 219 Å². The van der Waals surface area contributed by atoms with Crippen LogP contribution in [0.2, 0.25) is 0 Å². The first kappa shape index (κ1) is 76.7. The van der Waals surface area contributed by atoms with E-state index in [0.29, 0.717) is 19.3 Å². The average molecular weight is 1140 g/mol. The van der Waals surface area contributed by atoms with Gasteiger partial charge in [0.1, 0.15) is 13.2 Å². The molecule has 0 N–H and O–H groups in total. The number of hydrogen-bond acceptors (Lipinski definition) is 6. The lowest BCUT2D eigenvalue weighted by Crippen LogP contribution is -2.30. The van der Waals surface area contributed by atoms with Crippen LogP contribution in [0.3, 0.4) is 0 Å². The van der Waals surface area contributed by atoms with Crippen molar-refractivity contribution in [3.05, 3.63) is 219 Å². The summed E-state index contributed by atoms with van der Waals surface area (Å²) in [5.74, 6) is -1.10. The fourth-order valence-electron chi connectivity index (χ4n) is 7.77. The van der Waals surface area contributed by atoms with Gasteiger partial charge in [0.25, 0.3) is 0 Å². The van der Waals surface area contributed by atoms with Gasteiger partial charge in [0.2, 0.25) is 0 Å². The van der Waals surface area contributed by atoms with Crippen LogP contribution in [0.25, 0.3) is 0 Å². The Hall–Kier alpha value is -6.27. The van der Waals surface area contributed by atoms with Gasteiger partial charge in [-0.2, -0.15) is 0 Å². The van der Waals surface area contributed by atoms with Crippen molar-refractivity contribution in [2.24, 2.45) is 0 Å². The fourth-order valence-corrected chi connectivity index (χ4v) is 7.77. The van der Waals surface area contributed by atoms with Crippen molar-refractivity contribution in [3.8, 4) is 0 Å². The molecule has 0 aromatic heterocycles. The molecule has 0 aromatic carbocycles. The smallest absolute Gasteiger partial charge is 0.306 e. The third kappa shape index (κ3) is 66.4. The molecule has 1 atom stereocenters. The fraction of sp³-hybridized carbons (Fsp3) is 0.494. The number of hydrogen-bond donors (Lipinski definition) is 0. The summed E-state index contributed by atoms with van der Waals surface area (Å²) >= 11 is 0. The molecule has 0 aliphatic heterocycles. The van der Waals surface area contributed by atoms with Crippen molar-refractivity contribution in [1.29, 1.82) is 0 Å². The standard InChI is InChI=1S/C77H114O6/c1-4-7-10-13-16-19-22-25-28-30-32-33-34-35-36-37-38-39-40-41-42-43-45-46-49-52-55-58-61-64-67-70-76(79)82-73-74(72-81-75(78)69-66-63-60-57-54-51-48-27-24-21-18-15-12-9-6-3)83-77(80)71-68-65-62-59-56-53-50-47-44-31-29-26-23-20-17-14-11-8-5-2/h7-12,16-21,25-29,32-33,35-36,38-39,41-42,44-48,53-54,56-57,62,65,74H,4-6,13-15,22-24,30-31,34,37,40,43,49-52,55,58-61,63-64,66-73H2,1-3H3/b10-7-,11-8-,12-9-,19-16-,20-17-,21-18-,28-25-,29-26-,33-32-,36-35-,39-38-,42-41-,46-45-,47-44-,48-27-,56-53-,57-54-,65-62-.